The molecule has 4 heterocycles. The summed E-state index contributed by atoms with van der Waals surface area (Å²) in [6.45, 7) is 2.08. The van der Waals surface area contributed by atoms with E-state index in [1.54, 1.807) is 12.3 Å². The number of hydrogen-bond donors (Lipinski definition) is 0. The van der Waals surface area contributed by atoms with Crippen molar-refractivity contribution in [3.05, 3.63) is 129 Å². The molecule has 0 saturated carbocycles. The lowest BCUT2D eigenvalue weighted by atomic mass is 9.87. The second-order valence-electron chi connectivity index (χ2n) is 10.5. The lowest BCUT2D eigenvalue weighted by molar-refractivity contribution is 0.111. The molecule has 2 aliphatic heterocycles. The van der Waals surface area contributed by atoms with Crippen molar-refractivity contribution in [1.82, 2.24) is 8.75 Å². The lowest BCUT2D eigenvalue weighted by Crippen LogP contribution is -2.13. The number of carbonyl (C=O) groups is 2. The van der Waals surface area contributed by atoms with Gasteiger partial charge in [0.15, 0.2) is 0 Å². The van der Waals surface area contributed by atoms with Gasteiger partial charge in [-0.2, -0.15) is 8.75 Å². The van der Waals surface area contributed by atoms with Gasteiger partial charge in [0.1, 0.15) is 12.6 Å². The summed E-state index contributed by atoms with van der Waals surface area (Å²) in [6.07, 6.45) is 5.33. The van der Waals surface area contributed by atoms with E-state index in [-0.39, 0.29) is 0 Å². The smallest absolute Gasteiger partial charge is 0.150 e. The average molecular weight is 627 g/mol. The highest BCUT2D eigenvalue weighted by Gasteiger charge is 2.27. The SMILES string of the molecule is Cc1c(C2=NC=C2c2nsc3ccc(C=O)cc23)cccc1-c1cccc(C2=NC=C2c2nsc3ccc(C=O)cc23)c1Cl. The summed E-state index contributed by atoms with van der Waals surface area (Å²) < 4.78 is 11.4. The van der Waals surface area contributed by atoms with Crippen LogP contribution in [0.1, 0.15) is 48.8 Å². The van der Waals surface area contributed by atoms with Crippen LogP contribution in [0.3, 0.4) is 0 Å². The number of halogens is 1. The molecule has 2 aromatic heterocycles. The minimum atomic E-state index is 0.600. The number of hydrogen-bond acceptors (Lipinski definition) is 8. The van der Waals surface area contributed by atoms with Crippen molar-refractivity contribution in [3.63, 3.8) is 0 Å². The zero-order valence-corrected chi connectivity index (χ0v) is 25.4. The maximum atomic E-state index is 11.4. The molecule has 0 aliphatic carbocycles. The predicted molar refractivity (Wildman–Crippen MR) is 181 cm³/mol. The van der Waals surface area contributed by atoms with Gasteiger partial charge in [0, 0.05) is 62.1 Å². The third-order valence-electron chi connectivity index (χ3n) is 8.06. The van der Waals surface area contributed by atoms with Crippen LogP contribution in [0.25, 0.3) is 42.4 Å². The van der Waals surface area contributed by atoms with Crippen molar-refractivity contribution in [2.45, 2.75) is 6.92 Å². The van der Waals surface area contributed by atoms with Gasteiger partial charge in [-0.25, -0.2) is 0 Å². The standard InChI is InChI=1S/C35H19ClN4O2S2/c1-18-21(4-2-5-22(18)32-27(14-37-32)34-25-12-19(16-41)8-10-29(25)43-39-34)23-6-3-7-24(31(23)36)33-28(15-38-33)35-26-13-20(17-42)9-11-30(26)44-40-35/h2-17H,1H3. The van der Waals surface area contributed by atoms with E-state index >= 15 is 0 Å². The van der Waals surface area contributed by atoms with E-state index in [1.807, 2.05) is 60.8 Å². The largest absolute Gasteiger partial charge is 0.298 e. The van der Waals surface area contributed by atoms with E-state index in [0.717, 1.165) is 94.5 Å². The molecule has 210 valence electrons. The van der Waals surface area contributed by atoms with E-state index in [9.17, 15) is 9.59 Å². The van der Waals surface area contributed by atoms with Crippen molar-refractivity contribution < 1.29 is 9.59 Å². The molecule has 0 amide bonds. The van der Waals surface area contributed by atoms with Crippen LogP contribution in [-0.2, 0) is 0 Å². The molecule has 0 bridgehead atoms. The Labute approximate surface area is 264 Å². The Kier molecular flexibility index (Phi) is 6.30. The Hall–Kier alpha value is -4.89. The summed E-state index contributed by atoms with van der Waals surface area (Å²) in [6, 6.07) is 23.3. The lowest BCUT2D eigenvalue weighted by Gasteiger charge is -2.21. The van der Waals surface area contributed by atoms with E-state index < -0.39 is 0 Å². The molecule has 0 radical (unpaired) electrons. The highest BCUT2D eigenvalue weighted by atomic mass is 35.5. The first-order chi connectivity index (χ1) is 21.6. The number of allylic oxidation sites excluding steroid dienone is 2. The fourth-order valence-corrected chi connectivity index (χ4v) is 7.57. The number of carbonyl (C=O) groups excluding carboxylic acids is 2. The van der Waals surface area contributed by atoms with E-state index in [4.69, 9.17) is 16.0 Å². The van der Waals surface area contributed by atoms with Crippen molar-refractivity contribution in [1.29, 1.82) is 0 Å². The Bertz CT molecular complexity index is 2190. The van der Waals surface area contributed by atoms with Crippen molar-refractivity contribution >= 4 is 90.0 Å². The molecule has 0 atom stereocenters. The molecule has 9 heteroatoms. The number of benzene rings is 4. The van der Waals surface area contributed by atoms with E-state index in [0.29, 0.717) is 16.1 Å². The van der Waals surface area contributed by atoms with Crippen molar-refractivity contribution in [2.24, 2.45) is 9.98 Å². The normalized spacial score (nSPS) is 14.0. The van der Waals surface area contributed by atoms with Crippen LogP contribution >= 0.6 is 34.7 Å². The maximum absolute atomic E-state index is 11.4. The summed E-state index contributed by atoms with van der Waals surface area (Å²) in [4.78, 5) is 32.1. The molecule has 0 saturated heterocycles. The first-order valence-electron chi connectivity index (χ1n) is 13.7. The molecule has 44 heavy (non-hydrogen) atoms. The third-order valence-corrected chi connectivity index (χ3v) is 10.1. The molecular formula is C35H19ClN4O2S2. The molecule has 0 unspecified atom stereocenters. The Morgan fingerprint density at radius 3 is 1.66 bits per heavy atom. The van der Waals surface area contributed by atoms with Crippen LogP contribution < -0.4 is 0 Å². The number of rotatable bonds is 7. The number of aliphatic imine (C=N–C) groups is 2. The molecule has 6 aromatic rings. The molecule has 8 rings (SSSR count). The number of aromatic nitrogens is 2. The number of fused-ring (bicyclic) bond motifs is 2. The monoisotopic (exact) mass is 626 g/mol. The maximum Gasteiger partial charge on any atom is 0.150 e. The molecule has 0 N–H and O–H groups in total. The predicted octanol–water partition coefficient (Wildman–Crippen LogP) is 8.85. The fourth-order valence-electron chi connectivity index (χ4n) is 5.72. The van der Waals surface area contributed by atoms with Crippen molar-refractivity contribution in [2.75, 3.05) is 0 Å². The van der Waals surface area contributed by atoms with Crippen LogP contribution in [0.4, 0.5) is 0 Å². The van der Waals surface area contributed by atoms with Gasteiger partial charge in [-0.1, -0.05) is 60.1 Å². The van der Waals surface area contributed by atoms with E-state index in [2.05, 4.69) is 33.4 Å². The quantitative estimate of drug-likeness (QED) is 0.166. The van der Waals surface area contributed by atoms with Crippen LogP contribution in [-0.4, -0.2) is 32.7 Å². The van der Waals surface area contributed by atoms with Gasteiger partial charge in [0.25, 0.3) is 0 Å². The summed E-state index contributed by atoms with van der Waals surface area (Å²) in [7, 11) is 0. The highest BCUT2D eigenvalue weighted by molar-refractivity contribution is 7.13. The summed E-state index contributed by atoms with van der Waals surface area (Å²) >= 11 is 9.96. The Morgan fingerprint density at radius 1 is 0.636 bits per heavy atom. The van der Waals surface area contributed by atoms with Crippen LogP contribution in [0, 0.1) is 6.92 Å². The Balaban J connectivity index is 1.14. The van der Waals surface area contributed by atoms with Gasteiger partial charge in [0.2, 0.25) is 0 Å². The van der Waals surface area contributed by atoms with Crippen molar-refractivity contribution in [3.8, 4) is 11.1 Å². The molecule has 0 spiro atoms. The zero-order valence-electron chi connectivity index (χ0n) is 23.0. The topological polar surface area (TPSA) is 84.6 Å². The third kappa shape index (κ3) is 4.06. The Morgan fingerprint density at radius 2 is 1.14 bits per heavy atom. The summed E-state index contributed by atoms with van der Waals surface area (Å²) in [5.74, 6) is 0. The first kappa shape index (κ1) is 26.7. The van der Waals surface area contributed by atoms with Gasteiger partial charge in [-0.05, 0) is 65.4 Å². The van der Waals surface area contributed by atoms with Crippen LogP contribution in [0.15, 0.2) is 95.2 Å². The molecule has 4 aromatic carbocycles. The van der Waals surface area contributed by atoms with Gasteiger partial charge in [0.05, 0.1) is 37.2 Å². The average Bonchev–Trinajstić information content (AvgIpc) is 3.62. The summed E-state index contributed by atoms with van der Waals surface area (Å²) in [5, 5.41) is 2.47. The molecule has 6 nitrogen and oxygen atoms in total. The van der Waals surface area contributed by atoms with Gasteiger partial charge >= 0.3 is 0 Å². The molecular weight excluding hydrogens is 608 g/mol. The van der Waals surface area contributed by atoms with Crippen LogP contribution in [0.5, 0.6) is 0 Å². The summed E-state index contributed by atoms with van der Waals surface area (Å²) in [5.41, 5.74) is 11.1. The minimum Gasteiger partial charge on any atom is -0.298 e. The second-order valence-corrected chi connectivity index (χ2v) is 12.5. The fraction of sp³-hybridized carbons (Fsp3) is 0.0286. The van der Waals surface area contributed by atoms with Gasteiger partial charge < -0.3 is 0 Å². The number of nitrogens with zero attached hydrogens (tertiary/aromatic N) is 4. The first-order valence-corrected chi connectivity index (χ1v) is 15.6. The molecule has 0 fully saturated rings. The van der Waals surface area contributed by atoms with Gasteiger partial charge in [-0.15, -0.1) is 0 Å². The van der Waals surface area contributed by atoms with Crippen LogP contribution in [0.2, 0.25) is 5.02 Å². The van der Waals surface area contributed by atoms with E-state index in [1.165, 1.54) is 23.1 Å². The molecule has 2 aliphatic rings. The number of aldehydes is 2. The second kappa shape index (κ2) is 10.4. The van der Waals surface area contributed by atoms with Gasteiger partial charge in [-0.3, -0.25) is 19.6 Å². The minimum absolute atomic E-state index is 0.600. The zero-order chi connectivity index (χ0) is 29.9. The highest BCUT2D eigenvalue weighted by Crippen LogP contribution is 2.41.